The summed E-state index contributed by atoms with van der Waals surface area (Å²) in [6.07, 6.45) is 2.96. The molecule has 0 aliphatic heterocycles. The van der Waals surface area contributed by atoms with Gasteiger partial charge in [-0.3, -0.25) is 9.59 Å². The predicted molar refractivity (Wildman–Crippen MR) is 66.9 cm³/mol. The van der Waals surface area contributed by atoms with Crippen molar-refractivity contribution in [1.29, 1.82) is 0 Å². The second-order valence-corrected chi connectivity index (χ2v) is 5.38. The molecule has 1 aliphatic rings. The maximum Gasteiger partial charge on any atom is 0.307 e. The summed E-state index contributed by atoms with van der Waals surface area (Å²) in [6, 6.07) is -0.297. The van der Waals surface area contributed by atoms with Crippen LogP contribution in [0.3, 0.4) is 0 Å². The van der Waals surface area contributed by atoms with Gasteiger partial charge in [0, 0.05) is 0 Å². The van der Waals surface area contributed by atoms with Crippen molar-refractivity contribution in [3.63, 3.8) is 0 Å². The summed E-state index contributed by atoms with van der Waals surface area (Å²) in [7, 11) is 0. The summed E-state index contributed by atoms with van der Waals surface area (Å²) < 4.78 is 0. The number of aliphatic carboxylic acids is 1. The van der Waals surface area contributed by atoms with Crippen LogP contribution in [0.1, 0.15) is 39.5 Å². The number of rotatable bonds is 5. The Bertz CT molecular complexity index is 303. The number of carboxylic acid groups (broad SMARTS) is 1. The molecule has 0 radical (unpaired) electrons. The van der Waals surface area contributed by atoms with Crippen LogP contribution >= 0.6 is 0 Å². The maximum absolute atomic E-state index is 12.1. The molecule has 1 fully saturated rings. The zero-order valence-corrected chi connectivity index (χ0v) is 11.1. The minimum atomic E-state index is -0.889. The fraction of sp³-hybridized carbons (Fsp3) is 0.846. The van der Waals surface area contributed by atoms with Gasteiger partial charge < -0.3 is 15.5 Å². The second-order valence-electron chi connectivity index (χ2n) is 5.38. The van der Waals surface area contributed by atoms with Crippen molar-refractivity contribution in [2.75, 3.05) is 6.61 Å². The Morgan fingerprint density at radius 3 is 2.22 bits per heavy atom. The lowest BCUT2D eigenvalue weighted by molar-refractivity contribution is -0.149. The third kappa shape index (κ3) is 3.70. The van der Waals surface area contributed by atoms with E-state index in [-0.39, 0.29) is 24.5 Å². The number of carboxylic acids is 1. The van der Waals surface area contributed by atoms with Gasteiger partial charge in [-0.25, -0.2) is 0 Å². The number of aliphatic hydroxyl groups excluding tert-OH is 1. The largest absolute Gasteiger partial charge is 0.481 e. The van der Waals surface area contributed by atoms with Gasteiger partial charge in [-0.1, -0.05) is 26.7 Å². The standard InChI is InChI=1S/C13H23NO4/c1-8(2)11(7-15)14-12(16)9-5-3-4-6-10(9)13(17)18/h8-11,15H,3-7H2,1-2H3,(H,14,16)(H,17,18). The number of carbonyl (C=O) groups is 2. The highest BCUT2D eigenvalue weighted by Crippen LogP contribution is 2.30. The first kappa shape index (κ1) is 15.0. The molecule has 0 aromatic rings. The Balaban J connectivity index is 2.65. The quantitative estimate of drug-likeness (QED) is 0.686. The Morgan fingerprint density at radius 2 is 1.78 bits per heavy atom. The van der Waals surface area contributed by atoms with E-state index in [1.54, 1.807) is 0 Å². The lowest BCUT2D eigenvalue weighted by Gasteiger charge is -2.30. The Morgan fingerprint density at radius 1 is 1.22 bits per heavy atom. The van der Waals surface area contributed by atoms with Crippen molar-refractivity contribution in [3.05, 3.63) is 0 Å². The molecule has 3 unspecified atom stereocenters. The van der Waals surface area contributed by atoms with E-state index in [0.717, 1.165) is 12.8 Å². The van der Waals surface area contributed by atoms with Gasteiger partial charge in [0.2, 0.25) is 5.91 Å². The average Bonchev–Trinajstić information content (AvgIpc) is 2.35. The number of amides is 1. The number of hydrogen-bond acceptors (Lipinski definition) is 3. The van der Waals surface area contributed by atoms with Gasteiger partial charge in [0.25, 0.3) is 0 Å². The molecule has 0 spiro atoms. The van der Waals surface area contributed by atoms with E-state index in [1.807, 2.05) is 13.8 Å². The number of aliphatic hydroxyl groups is 1. The van der Waals surface area contributed by atoms with E-state index in [1.165, 1.54) is 0 Å². The molecule has 1 rings (SSSR count). The third-order valence-electron chi connectivity index (χ3n) is 3.75. The van der Waals surface area contributed by atoms with Gasteiger partial charge in [0.15, 0.2) is 0 Å². The van der Waals surface area contributed by atoms with Crippen LogP contribution < -0.4 is 5.32 Å². The average molecular weight is 257 g/mol. The van der Waals surface area contributed by atoms with E-state index in [0.29, 0.717) is 12.8 Å². The zero-order valence-electron chi connectivity index (χ0n) is 11.1. The van der Waals surface area contributed by atoms with Crippen molar-refractivity contribution in [2.45, 2.75) is 45.6 Å². The molecule has 3 N–H and O–H groups in total. The van der Waals surface area contributed by atoms with Crippen molar-refractivity contribution < 1.29 is 19.8 Å². The van der Waals surface area contributed by atoms with Gasteiger partial charge in [-0.05, 0) is 18.8 Å². The summed E-state index contributed by atoms with van der Waals surface area (Å²) in [5.74, 6) is -2.02. The van der Waals surface area contributed by atoms with E-state index in [9.17, 15) is 14.7 Å². The highest BCUT2D eigenvalue weighted by molar-refractivity contribution is 5.85. The highest BCUT2D eigenvalue weighted by atomic mass is 16.4. The van der Waals surface area contributed by atoms with Gasteiger partial charge in [-0.2, -0.15) is 0 Å². The molecule has 0 heterocycles. The van der Waals surface area contributed by atoms with E-state index in [4.69, 9.17) is 5.11 Å². The fourth-order valence-electron chi connectivity index (χ4n) is 2.45. The molecule has 5 nitrogen and oxygen atoms in total. The Kier molecular flexibility index (Phi) is 5.59. The molecule has 5 heteroatoms. The summed E-state index contributed by atoms with van der Waals surface area (Å²) in [4.78, 5) is 23.2. The SMILES string of the molecule is CC(C)C(CO)NC(=O)C1CCCCC1C(=O)O. The number of nitrogens with one attached hydrogen (secondary N) is 1. The molecule has 1 amide bonds. The van der Waals surface area contributed by atoms with E-state index < -0.39 is 17.8 Å². The summed E-state index contributed by atoms with van der Waals surface area (Å²) in [5.41, 5.74) is 0. The fourth-order valence-corrected chi connectivity index (χ4v) is 2.45. The lowest BCUT2D eigenvalue weighted by atomic mass is 9.78. The van der Waals surface area contributed by atoms with Crippen LogP contribution in [-0.2, 0) is 9.59 Å². The van der Waals surface area contributed by atoms with Crippen molar-refractivity contribution in [1.82, 2.24) is 5.32 Å². The van der Waals surface area contributed by atoms with E-state index >= 15 is 0 Å². The van der Waals surface area contributed by atoms with Crippen LogP contribution in [0.15, 0.2) is 0 Å². The van der Waals surface area contributed by atoms with Crippen LogP contribution in [0.4, 0.5) is 0 Å². The van der Waals surface area contributed by atoms with Gasteiger partial charge in [0.1, 0.15) is 0 Å². The molecular weight excluding hydrogens is 234 g/mol. The topological polar surface area (TPSA) is 86.6 Å². The first-order valence-electron chi connectivity index (χ1n) is 6.61. The number of hydrogen-bond donors (Lipinski definition) is 3. The lowest BCUT2D eigenvalue weighted by Crippen LogP contribution is -2.47. The molecule has 1 aliphatic carbocycles. The molecule has 18 heavy (non-hydrogen) atoms. The zero-order chi connectivity index (χ0) is 13.7. The van der Waals surface area contributed by atoms with E-state index in [2.05, 4.69) is 5.32 Å². The second kappa shape index (κ2) is 6.73. The molecule has 104 valence electrons. The molecule has 0 bridgehead atoms. The monoisotopic (exact) mass is 257 g/mol. The van der Waals surface area contributed by atoms with Crippen LogP contribution in [-0.4, -0.2) is 34.7 Å². The summed E-state index contributed by atoms with van der Waals surface area (Å²) in [5, 5.41) is 21.1. The minimum absolute atomic E-state index is 0.117. The maximum atomic E-state index is 12.1. The predicted octanol–water partition coefficient (Wildman–Crippen LogP) is 1.01. The number of carbonyl (C=O) groups excluding carboxylic acids is 1. The molecule has 0 saturated heterocycles. The van der Waals surface area contributed by atoms with Crippen LogP contribution in [0.2, 0.25) is 0 Å². The molecule has 1 saturated carbocycles. The summed E-state index contributed by atoms with van der Waals surface area (Å²) in [6.45, 7) is 3.71. The van der Waals surface area contributed by atoms with Gasteiger partial charge in [0.05, 0.1) is 24.5 Å². The van der Waals surface area contributed by atoms with Crippen molar-refractivity contribution in [2.24, 2.45) is 17.8 Å². The molecular formula is C13H23NO4. The Hall–Kier alpha value is -1.10. The molecule has 0 aromatic carbocycles. The summed E-state index contributed by atoms with van der Waals surface area (Å²) >= 11 is 0. The van der Waals surface area contributed by atoms with Crippen molar-refractivity contribution in [3.8, 4) is 0 Å². The first-order valence-corrected chi connectivity index (χ1v) is 6.61. The minimum Gasteiger partial charge on any atom is -0.481 e. The van der Waals surface area contributed by atoms with Crippen LogP contribution in [0.25, 0.3) is 0 Å². The highest BCUT2D eigenvalue weighted by Gasteiger charge is 2.36. The molecule has 3 atom stereocenters. The van der Waals surface area contributed by atoms with Gasteiger partial charge in [-0.15, -0.1) is 0 Å². The van der Waals surface area contributed by atoms with Crippen LogP contribution in [0, 0.1) is 17.8 Å². The smallest absolute Gasteiger partial charge is 0.307 e. The Labute approximate surface area is 108 Å². The normalized spacial score (nSPS) is 25.8. The molecule has 0 aromatic heterocycles. The van der Waals surface area contributed by atoms with Gasteiger partial charge >= 0.3 is 5.97 Å². The first-order chi connectivity index (χ1) is 8.47. The van der Waals surface area contributed by atoms with Crippen LogP contribution in [0.5, 0.6) is 0 Å². The third-order valence-corrected chi connectivity index (χ3v) is 3.75. The van der Waals surface area contributed by atoms with Crippen molar-refractivity contribution >= 4 is 11.9 Å².